The number of esters is 1. The topological polar surface area (TPSA) is 65.1 Å². The molecule has 28 heavy (non-hydrogen) atoms. The third-order valence-electron chi connectivity index (χ3n) is 6.37. The summed E-state index contributed by atoms with van der Waals surface area (Å²) < 4.78 is 16.2. The van der Waals surface area contributed by atoms with Crippen molar-refractivity contribution in [1.82, 2.24) is 4.90 Å². The molecule has 1 aromatic carbocycles. The molecule has 6 nitrogen and oxygen atoms in total. The summed E-state index contributed by atoms with van der Waals surface area (Å²) >= 11 is 0. The van der Waals surface area contributed by atoms with E-state index in [0.29, 0.717) is 19.7 Å². The van der Waals surface area contributed by atoms with Gasteiger partial charge in [0.05, 0.1) is 17.9 Å². The van der Waals surface area contributed by atoms with Crippen molar-refractivity contribution in [1.29, 1.82) is 0 Å². The van der Waals surface area contributed by atoms with Gasteiger partial charge in [-0.25, -0.2) is 0 Å². The summed E-state index contributed by atoms with van der Waals surface area (Å²) in [5.74, 6) is 1.22. The van der Waals surface area contributed by atoms with E-state index in [0.717, 1.165) is 62.0 Å². The van der Waals surface area contributed by atoms with E-state index in [1.807, 2.05) is 30.0 Å². The van der Waals surface area contributed by atoms with Crippen molar-refractivity contribution in [2.75, 3.05) is 26.5 Å². The van der Waals surface area contributed by atoms with Crippen molar-refractivity contribution in [3.8, 4) is 11.5 Å². The highest BCUT2D eigenvalue weighted by atomic mass is 16.7. The second-order valence-electron chi connectivity index (χ2n) is 8.05. The van der Waals surface area contributed by atoms with Crippen molar-refractivity contribution >= 4 is 11.9 Å². The molecule has 6 heteroatoms. The predicted octanol–water partition coefficient (Wildman–Crippen LogP) is 3.42. The maximum Gasteiger partial charge on any atom is 0.310 e. The van der Waals surface area contributed by atoms with Crippen LogP contribution in [-0.2, 0) is 19.7 Å². The monoisotopic (exact) mass is 387 g/mol. The third-order valence-corrected chi connectivity index (χ3v) is 6.37. The van der Waals surface area contributed by atoms with Gasteiger partial charge in [0.2, 0.25) is 12.7 Å². The average molecular weight is 387 g/mol. The molecular weight excluding hydrogens is 358 g/mol. The molecule has 1 aliphatic carbocycles. The Bertz CT molecular complexity index is 740. The average Bonchev–Trinajstić information content (AvgIpc) is 3.22. The van der Waals surface area contributed by atoms with Gasteiger partial charge in [-0.1, -0.05) is 25.3 Å². The molecular formula is C22H29NO5. The second-order valence-corrected chi connectivity index (χ2v) is 8.05. The molecule has 152 valence electrons. The van der Waals surface area contributed by atoms with Crippen LogP contribution >= 0.6 is 0 Å². The highest BCUT2D eigenvalue weighted by Crippen LogP contribution is 2.45. The van der Waals surface area contributed by atoms with E-state index >= 15 is 0 Å². The third kappa shape index (κ3) is 3.45. The molecule has 3 aliphatic rings. The van der Waals surface area contributed by atoms with E-state index in [4.69, 9.17) is 14.2 Å². The molecule has 1 saturated carbocycles. The number of nitrogens with zero attached hydrogens (tertiary/aromatic N) is 1. The zero-order valence-corrected chi connectivity index (χ0v) is 16.6. The molecule has 0 N–H and O–H groups in total. The summed E-state index contributed by atoms with van der Waals surface area (Å²) in [7, 11) is 0. The van der Waals surface area contributed by atoms with Crippen molar-refractivity contribution < 1.29 is 23.8 Å². The minimum absolute atomic E-state index is 0.153. The van der Waals surface area contributed by atoms with E-state index in [9.17, 15) is 9.59 Å². The quantitative estimate of drug-likeness (QED) is 0.741. The summed E-state index contributed by atoms with van der Waals surface area (Å²) in [6, 6.07) is 5.92. The molecule has 0 radical (unpaired) electrons. The molecule has 0 spiro atoms. The SMILES string of the molecule is CCOC(=O)C1CCCN(C(=O)C2(c3ccc4c(c3)OCO4)CCCCC2)C1. The van der Waals surface area contributed by atoms with Gasteiger partial charge in [0.25, 0.3) is 0 Å². The summed E-state index contributed by atoms with van der Waals surface area (Å²) in [6.07, 6.45) is 6.54. The molecule has 1 saturated heterocycles. The summed E-state index contributed by atoms with van der Waals surface area (Å²) in [5.41, 5.74) is 0.482. The lowest BCUT2D eigenvalue weighted by Crippen LogP contribution is -2.52. The van der Waals surface area contributed by atoms with Crippen LogP contribution in [0.5, 0.6) is 11.5 Å². The van der Waals surface area contributed by atoms with Gasteiger partial charge in [0.15, 0.2) is 11.5 Å². The Morgan fingerprint density at radius 1 is 1.14 bits per heavy atom. The van der Waals surface area contributed by atoms with Crippen molar-refractivity contribution in [2.24, 2.45) is 5.92 Å². The number of benzene rings is 1. The first-order valence-electron chi connectivity index (χ1n) is 10.5. The van der Waals surface area contributed by atoms with Crippen molar-refractivity contribution in [3.05, 3.63) is 23.8 Å². The lowest BCUT2D eigenvalue weighted by atomic mass is 9.68. The molecule has 1 amide bonds. The van der Waals surface area contributed by atoms with Crippen LogP contribution < -0.4 is 9.47 Å². The van der Waals surface area contributed by atoms with E-state index in [-0.39, 0.29) is 24.6 Å². The first-order valence-corrected chi connectivity index (χ1v) is 10.5. The number of carbonyl (C=O) groups is 2. The number of rotatable bonds is 4. The zero-order valence-electron chi connectivity index (χ0n) is 16.6. The number of ether oxygens (including phenoxy) is 3. The minimum atomic E-state index is -0.532. The standard InChI is InChI=1S/C22H29NO5/c1-2-26-20(24)16-7-6-12-23(14-16)21(25)22(10-4-3-5-11-22)17-8-9-18-19(13-17)28-15-27-18/h8-9,13,16H,2-7,10-12,14-15H2,1H3. The summed E-state index contributed by atoms with van der Waals surface area (Å²) in [5, 5.41) is 0. The number of hydrogen-bond acceptors (Lipinski definition) is 5. The Balaban J connectivity index is 1.60. The van der Waals surface area contributed by atoms with Gasteiger partial charge >= 0.3 is 5.97 Å². The first-order chi connectivity index (χ1) is 13.6. The lowest BCUT2D eigenvalue weighted by Gasteiger charge is -2.42. The molecule has 1 unspecified atom stereocenters. The second kappa shape index (κ2) is 8.02. The van der Waals surface area contributed by atoms with Gasteiger partial charge in [0.1, 0.15) is 0 Å². The number of piperidine rings is 1. The maximum absolute atomic E-state index is 13.8. The molecule has 2 aliphatic heterocycles. The van der Waals surface area contributed by atoms with Gasteiger partial charge in [-0.3, -0.25) is 9.59 Å². The number of amides is 1. The van der Waals surface area contributed by atoms with Crippen LogP contribution in [0, 0.1) is 5.92 Å². The highest BCUT2D eigenvalue weighted by Gasteiger charge is 2.45. The zero-order chi connectivity index (χ0) is 19.6. The van der Waals surface area contributed by atoms with Gasteiger partial charge in [-0.05, 0) is 50.3 Å². The molecule has 0 aromatic heterocycles. The van der Waals surface area contributed by atoms with E-state index in [1.165, 1.54) is 0 Å². The van der Waals surface area contributed by atoms with Gasteiger partial charge < -0.3 is 19.1 Å². The van der Waals surface area contributed by atoms with Crippen LogP contribution in [0.4, 0.5) is 0 Å². The van der Waals surface area contributed by atoms with Gasteiger partial charge in [-0.15, -0.1) is 0 Å². The summed E-state index contributed by atoms with van der Waals surface area (Å²) in [4.78, 5) is 27.9. The minimum Gasteiger partial charge on any atom is -0.466 e. The largest absolute Gasteiger partial charge is 0.466 e. The Kier molecular flexibility index (Phi) is 5.47. The molecule has 4 rings (SSSR count). The Hall–Kier alpha value is -2.24. The van der Waals surface area contributed by atoms with Gasteiger partial charge in [-0.2, -0.15) is 0 Å². The smallest absolute Gasteiger partial charge is 0.310 e. The molecule has 2 heterocycles. The fourth-order valence-electron chi connectivity index (χ4n) is 4.89. The maximum atomic E-state index is 13.8. The van der Waals surface area contributed by atoms with Crippen LogP contribution in [0.3, 0.4) is 0 Å². The Morgan fingerprint density at radius 3 is 2.71 bits per heavy atom. The number of fused-ring (bicyclic) bond motifs is 1. The number of carbonyl (C=O) groups excluding carboxylic acids is 2. The summed E-state index contributed by atoms with van der Waals surface area (Å²) in [6.45, 7) is 3.60. The van der Waals surface area contributed by atoms with Crippen LogP contribution in [0.2, 0.25) is 0 Å². The van der Waals surface area contributed by atoms with Crippen molar-refractivity contribution in [2.45, 2.75) is 57.3 Å². The van der Waals surface area contributed by atoms with Crippen LogP contribution in [0.15, 0.2) is 18.2 Å². The number of likely N-dealkylation sites (tertiary alicyclic amines) is 1. The lowest BCUT2D eigenvalue weighted by molar-refractivity contribution is -0.152. The highest BCUT2D eigenvalue weighted by molar-refractivity contribution is 5.89. The van der Waals surface area contributed by atoms with Gasteiger partial charge in [0, 0.05) is 13.1 Å². The Labute approximate surface area is 166 Å². The molecule has 1 aromatic rings. The molecule has 1 atom stereocenters. The van der Waals surface area contributed by atoms with E-state index < -0.39 is 5.41 Å². The predicted molar refractivity (Wildman–Crippen MR) is 103 cm³/mol. The van der Waals surface area contributed by atoms with Crippen molar-refractivity contribution in [3.63, 3.8) is 0 Å². The van der Waals surface area contributed by atoms with Crippen LogP contribution in [-0.4, -0.2) is 43.3 Å². The molecule has 0 bridgehead atoms. The Morgan fingerprint density at radius 2 is 1.93 bits per heavy atom. The van der Waals surface area contributed by atoms with Crippen LogP contribution in [0.1, 0.15) is 57.4 Å². The van der Waals surface area contributed by atoms with E-state index in [1.54, 1.807) is 0 Å². The number of hydrogen-bond donors (Lipinski definition) is 0. The normalized spacial score (nSPS) is 23.3. The fourth-order valence-corrected chi connectivity index (χ4v) is 4.89. The first kappa shape index (κ1) is 19.1. The molecule has 2 fully saturated rings. The van der Waals surface area contributed by atoms with E-state index in [2.05, 4.69) is 0 Å². The van der Waals surface area contributed by atoms with Crippen LogP contribution in [0.25, 0.3) is 0 Å². The fraction of sp³-hybridized carbons (Fsp3) is 0.636.